The zero-order valence-electron chi connectivity index (χ0n) is 11.5. The molecule has 1 saturated carbocycles. The Balaban J connectivity index is 2.20. The fraction of sp³-hybridized carbons (Fsp3) is 0.533. The minimum absolute atomic E-state index is 0.164. The molecule has 0 N–H and O–H groups in total. The van der Waals surface area contributed by atoms with Crippen molar-refractivity contribution in [1.29, 1.82) is 0 Å². The lowest BCUT2D eigenvalue weighted by Crippen LogP contribution is -2.38. The Labute approximate surface area is 113 Å². The molecule has 4 heteroatoms. The Morgan fingerprint density at radius 2 is 2.00 bits per heavy atom. The summed E-state index contributed by atoms with van der Waals surface area (Å²) >= 11 is 0. The molecule has 19 heavy (non-hydrogen) atoms. The lowest BCUT2D eigenvalue weighted by Gasteiger charge is -2.31. The van der Waals surface area contributed by atoms with Gasteiger partial charge in [-0.2, -0.15) is 0 Å². The van der Waals surface area contributed by atoms with Crippen LogP contribution in [0.5, 0.6) is 5.75 Å². The Hall–Kier alpha value is -1.58. The standard InChI is InChI=1S/C15H20FNO2/c1-17(12-6-4-3-5-7-12)15(18)13-10-11(16)8-9-14(13)19-2/h8-10,12H,3-7H2,1-2H3. The van der Waals surface area contributed by atoms with E-state index in [0.717, 1.165) is 25.7 Å². The summed E-state index contributed by atoms with van der Waals surface area (Å²) in [7, 11) is 3.29. The predicted octanol–water partition coefficient (Wildman–Crippen LogP) is 3.24. The van der Waals surface area contributed by atoms with Gasteiger partial charge in [0.05, 0.1) is 12.7 Å². The van der Waals surface area contributed by atoms with Gasteiger partial charge in [0.2, 0.25) is 0 Å². The van der Waals surface area contributed by atoms with Gasteiger partial charge in [0.15, 0.2) is 0 Å². The number of nitrogens with zero attached hydrogens (tertiary/aromatic N) is 1. The van der Waals surface area contributed by atoms with E-state index in [9.17, 15) is 9.18 Å². The average Bonchev–Trinajstić information content (AvgIpc) is 2.46. The molecule has 1 aromatic carbocycles. The highest BCUT2D eigenvalue weighted by Gasteiger charge is 2.25. The molecule has 1 fully saturated rings. The molecule has 1 aliphatic carbocycles. The molecule has 3 nitrogen and oxygen atoms in total. The predicted molar refractivity (Wildman–Crippen MR) is 71.9 cm³/mol. The summed E-state index contributed by atoms with van der Waals surface area (Å²) in [5.74, 6) is -0.154. The largest absolute Gasteiger partial charge is 0.496 e. The van der Waals surface area contributed by atoms with Crippen LogP contribution >= 0.6 is 0 Å². The number of halogens is 1. The van der Waals surface area contributed by atoms with Crippen LogP contribution in [0.3, 0.4) is 0 Å². The molecule has 0 atom stereocenters. The summed E-state index contributed by atoms with van der Waals surface area (Å²) in [4.78, 5) is 14.2. The minimum atomic E-state index is -0.416. The first kappa shape index (κ1) is 13.8. The Kier molecular flexibility index (Phi) is 4.40. The van der Waals surface area contributed by atoms with Crippen LogP contribution in [0.25, 0.3) is 0 Å². The van der Waals surface area contributed by atoms with Crippen molar-refractivity contribution in [3.63, 3.8) is 0 Å². The van der Waals surface area contributed by atoms with Crippen LogP contribution in [0.1, 0.15) is 42.5 Å². The van der Waals surface area contributed by atoms with Crippen molar-refractivity contribution >= 4 is 5.91 Å². The van der Waals surface area contributed by atoms with E-state index in [-0.39, 0.29) is 11.9 Å². The summed E-state index contributed by atoms with van der Waals surface area (Å²) < 4.78 is 18.5. The van der Waals surface area contributed by atoms with Crippen LogP contribution in [-0.2, 0) is 0 Å². The van der Waals surface area contributed by atoms with Crippen molar-refractivity contribution in [3.8, 4) is 5.75 Å². The maximum absolute atomic E-state index is 13.3. The molecule has 0 radical (unpaired) electrons. The summed E-state index contributed by atoms with van der Waals surface area (Å²) in [6, 6.07) is 4.31. The lowest BCUT2D eigenvalue weighted by molar-refractivity contribution is 0.0692. The Bertz CT molecular complexity index is 455. The van der Waals surface area contributed by atoms with Crippen LogP contribution in [0, 0.1) is 5.82 Å². The van der Waals surface area contributed by atoms with Gasteiger partial charge in [0.1, 0.15) is 11.6 Å². The molecule has 0 bridgehead atoms. The van der Waals surface area contributed by atoms with E-state index < -0.39 is 5.82 Å². The summed E-state index contributed by atoms with van der Waals surface area (Å²) in [5, 5.41) is 0. The molecule has 1 aliphatic rings. The first-order chi connectivity index (χ1) is 9.13. The molecule has 0 unspecified atom stereocenters. The molecule has 0 aliphatic heterocycles. The van der Waals surface area contributed by atoms with Gasteiger partial charge in [-0.1, -0.05) is 19.3 Å². The summed E-state index contributed by atoms with van der Waals surface area (Å²) in [6.45, 7) is 0. The number of carbonyl (C=O) groups is 1. The van der Waals surface area contributed by atoms with Crippen molar-refractivity contribution in [2.24, 2.45) is 0 Å². The van der Waals surface area contributed by atoms with Crippen LogP contribution in [-0.4, -0.2) is 31.0 Å². The monoisotopic (exact) mass is 265 g/mol. The van der Waals surface area contributed by atoms with E-state index >= 15 is 0 Å². The van der Waals surface area contributed by atoms with Crippen molar-refractivity contribution in [2.45, 2.75) is 38.1 Å². The lowest BCUT2D eigenvalue weighted by atomic mass is 9.94. The van der Waals surface area contributed by atoms with Gasteiger partial charge in [-0.3, -0.25) is 4.79 Å². The van der Waals surface area contributed by atoms with E-state index in [2.05, 4.69) is 0 Å². The van der Waals surface area contributed by atoms with Gasteiger partial charge in [-0.05, 0) is 31.0 Å². The van der Waals surface area contributed by atoms with Crippen molar-refractivity contribution < 1.29 is 13.9 Å². The molecule has 1 amide bonds. The maximum atomic E-state index is 13.3. The molecule has 104 valence electrons. The van der Waals surface area contributed by atoms with Gasteiger partial charge in [0, 0.05) is 13.1 Å². The van der Waals surface area contributed by atoms with Crippen LogP contribution in [0.15, 0.2) is 18.2 Å². The number of hydrogen-bond acceptors (Lipinski definition) is 2. The second-order valence-corrected chi connectivity index (χ2v) is 5.05. The normalized spacial score (nSPS) is 16.2. The highest BCUT2D eigenvalue weighted by atomic mass is 19.1. The third kappa shape index (κ3) is 3.06. The Morgan fingerprint density at radius 3 is 2.63 bits per heavy atom. The summed E-state index contributed by atoms with van der Waals surface area (Å²) in [5.41, 5.74) is 0.301. The highest BCUT2D eigenvalue weighted by Crippen LogP contribution is 2.26. The third-order valence-corrected chi connectivity index (χ3v) is 3.83. The number of rotatable bonds is 3. The van der Waals surface area contributed by atoms with Gasteiger partial charge >= 0.3 is 0 Å². The van der Waals surface area contributed by atoms with Gasteiger partial charge in [0.25, 0.3) is 5.91 Å². The van der Waals surface area contributed by atoms with E-state index in [1.54, 1.807) is 11.9 Å². The van der Waals surface area contributed by atoms with Crippen molar-refractivity contribution in [1.82, 2.24) is 4.90 Å². The molecule has 0 saturated heterocycles. The molecule has 2 rings (SSSR count). The fourth-order valence-electron chi connectivity index (χ4n) is 2.67. The Morgan fingerprint density at radius 1 is 1.32 bits per heavy atom. The van der Waals surface area contributed by atoms with E-state index in [0.29, 0.717) is 11.3 Å². The van der Waals surface area contributed by atoms with Crippen LogP contribution in [0.2, 0.25) is 0 Å². The number of methoxy groups -OCH3 is 1. The topological polar surface area (TPSA) is 29.5 Å². The van der Waals surface area contributed by atoms with Crippen molar-refractivity contribution in [2.75, 3.05) is 14.2 Å². The molecular weight excluding hydrogens is 245 g/mol. The molecule has 0 heterocycles. The fourth-order valence-corrected chi connectivity index (χ4v) is 2.67. The minimum Gasteiger partial charge on any atom is -0.496 e. The van der Waals surface area contributed by atoms with E-state index in [1.807, 2.05) is 0 Å². The smallest absolute Gasteiger partial charge is 0.257 e. The molecule has 1 aromatic rings. The van der Waals surface area contributed by atoms with Gasteiger partial charge < -0.3 is 9.64 Å². The van der Waals surface area contributed by atoms with E-state index in [4.69, 9.17) is 4.74 Å². The van der Waals surface area contributed by atoms with Crippen LogP contribution < -0.4 is 4.74 Å². The van der Waals surface area contributed by atoms with Crippen LogP contribution in [0.4, 0.5) is 4.39 Å². The number of amides is 1. The average molecular weight is 265 g/mol. The number of benzene rings is 1. The third-order valence-electron chi connectivity index (χ3n) is 3.83. The SMILES string of the molecule is COc1ccc(F)cc1C(=O)N(C)C1CCCCC1. The van der Waals surface area contributed by atoms with Gasteiger partial charge in [-0.15, -0.1) is 0 Å². The molecule has 0 spiro atoms. The second kappa shape index (κ2) is 6.04. The second-order valence-electron chi connectivity index (χ2n) is 5.05. The zero-order valence-corrected chi connectivity index (χ0v) is 11.5. The van der Waals surface area contributed by atoms with E-state index in [1.165, 1.54) is 31.7 Å². The first-order valence-corrected chi connectivity index (χ1v) is 6.74. The maximum Gasteiger partial charge on any atom is 0.257 e. The molecule has 0 aromatic heterocycles. The summed E-state index contributed by atoms with van der Waals surface area (Å²) in [6.07, 6.45) is 5.60. The van der Waals surface area contributed by atoms with Gasteiger partial charge in [-0.25, -0.2) is 4.39 Å². The number of hydrogen-bond donors (Lipinski definition) is 0. The quantitative estimate of drug-likeness (QED) is 0.839. The highest BCUT2D eigenvalue weighted by molar-refractivity contribution is 5.97. The van der Waals surface area contributed by atoms with Crippen molar-refractivity contribution in [3.05, 3.63) is 29.6 Å². The number of ether oxygens (including phenoxy) is 1. The number of carbonyl (C=O) groups excluding carboxylic acids is 1. The zero-order chi connectivity index (χ0) is 13.8. The molecular formula is C15H20FNO2. The first-order valence-electron chi connectivity index (χ1n) is 6.74.